The maximum atomic E-state index is 13.6. The summed E-state index contributed by atoms with van der Waals surface area (Å²) in [6, 6.07) is 13.9. The molecular weight excluding hydrogens is 373 g/mol. The third-order valence-corrected chi connectivity index (χ3v) is 4.09. The first kappa shape index (κ1) is 19.3. The Balaban J connectivity index is 0.00000210. The molecule has 1 aliphatic heterocycles. The molecule has 142 valence electrons. The molecule has 0 aliphatic carbocycles. The molecule has 3 aromatic rings. The van der Waals surface area contributed by atoms with E-state index in [1.165, 1.54) is 6.07 Å². The van der Waals surface area contributed by atoms with Crippen molar-refractivity contribution in [3.05, 3.63) is 65.8 Å². The number of ether oxygens (including phenoxy) is 2. The normalized spacial score (nSPS) is 16.6. The summed E-state index contributed by atoms with van der Waals surface area (Å²) in [5, 5.41) is 7.25. The van der Waals surface area contributed by atoms with Gasteiger partial charge in [0.05, 0.1) is 6.61 Å². The third-order valence-electron chi connectivity index (χ3n) is 4.09. The Morgan fingerprint density at radius 3 is 2.70 bits per heavy atom. The summed E-state index contributed by atoms with van der Waals surface area (Å²) in [7, 11) is 0. The Hall–Kier alpha value is -2.48. The van der Waals surface area contributed by atoms with Crippen LogP contribution in [0.2, 0.25) is 0 Å². The van der Waals surface area contributed by atoms with E-state index in [9.17, 15) is 4.39 Å². The van der Waals surface area contributed by atoms with Gasteiger partial charge in [-0.25, -0.2) is 4.39 Å². The molecule has 0 radical (unpaired) electrons. The molecule has 27 heavy (non-hydrogen) atoms. The SMILES string of the molecule is Cl.Fc1ccccc1OCc1ccc(-c2noc([C@@H]3CNCCO3)n2)cc1. The molecule has 2 heterocycles. The molecule has 8 heteroatoms. The number of nitrogens with one attached hydrogen (secondary N) is 1. The highest BCUT2D eigenvalue weighted by Crippen LogP contribution is 2.23. The van der Waals surface area contributed by atoms with Gasteiger partial charge >= 0.3 is 0 Å². The van der Waals surface area contributed by atoms with Crippen LogP contribution in [0.1, 0.15) is 17.6 Å². The van der Waals surface area contributed by atoms with Gasteiger partial charge in [-0.1, -0.05) is 41.6 Å². The predicted octanol–water partition coefficient (Wildman–Crippen LogP) is 3.54. The molecule has 1 saturated heterocycles. The van der Waals surface area contributed by atoms with Gasteiger partial charge in [0.2, 0.25) is 5.82 Å². The predicted molar refractivity (Wildman–Crippen MR) is 99.3 cm³/mol. The van der Waals surface area contributed by atoms with E-state index in [-0.39, 0.29) is 36.7 Å². The Labute approximate surface area is 162 Å². The number of benzene rings is 2. The van der Waals surface area contributed by atoms with Crippen molar-refractivity contribution in [2.45, 2.75) is 12.7 Å². The number of rotatable bonds is 5. The fourth-order valence-electron chi connectivity index (χ4n) is 2.68. The van der Waals surface area contributed by atoms with Crippen LogP contribution in [0.4, 0.5) is 4.39 Å². The van der Waals surface area contributed by atoms with Crippen molar-refractivity contribution in [3.63, 3.8) is 0 Å². The van der Waals surface area contributed by atoms with E-state index >= 15 is 0 Å². The Bertz CT molecular complexity index is 867. The van der Waals surface area contributed by atoms with E-state index < -0.39 is 0 Å². The number of morpholine rings is 1. The quantitative estimate of drug-likeness (QED) is 0.717. The Morgan fingerprint density at radius 1 is 1.15 bits per heavy atom. The van der Waals surface area contributed by atoms with Crippen molar-refractivity contribution in [2.75, 3.05) is 19.7 Å². The molecule has 0 spiro atoms. The van der Waals surface area contributed by atoms with Crippen molar-refractivity contribution >= 4 is 12.4 Å². The van der Waals surface area contributed by atoms with Gasteiger partial charge in [0.25, 0.3) is 5.89 Å². The van der Waals surface area contributed by atoms with Crippen LogP contribution in [0, 0.1) is 5.82 Å². The number of nitrogens with zero attached hydrogens (tertiary/aromatic N) is 2. The lowest BCUT2D eigenvalue weighted by Crippen LogP contribution is -2.33. The zero-order valence-corrected chi connectivity index (χ0v) is 15.2. The lowest BCUT2D eigenvalue weighted by atomic mass is 10.1. The summed E-state index contributed by atoms with van der Waals surface area (Å²) in [6.45, 7) is 2.39. The van der Waals surface area contributed by atoms with Crippen LogP contribution in [-0.2, 0) is 11.3 Å². The van der Waals surface area contributed by atoms with E-state index in [0.29, 0.717) is 24.9 Å². The molecule has 1 N–H and O–H groups in total. The van der Waals surface area contributed by atoms with Crippen LogP contribution in [0.25, 0.3) is 11.4 Å². The van der Waals surface area contributed by atoms with E-state index in [1.54, 1.807) is 18.2 Å². The lowest BCUT2D eigenvalue weighted by molar-refractivity contribution is 0.00755. The van der Waals surface area contributed by atoms with E-state index in [1.807, 2.05) is 24.3 Å². The fraction of sp³-hybridized carbons (Fsp3) is 0.263. The highest BCUT2D eigenvalue weighted by Gasteiger charge is 2.22. The highest BCUT2D eigenvalue weighted by atomic mass is 35.5. The average Bonchev–Trinajstić information content (AvgIpc) is 3.19. The second-order valence-electron chi connectivity index (χ2n) is 5.94. The van der Waals surface area contributed by atoms with E-state index in [0.717, 1.165) is 17.7 Å². The van der Waals surface area contributed by atoms with Gasteiger partial charge in [0.15, 0.2) is 11.6 Å². The summed E-state index contributed by atoms with van der Waals surface area (Å²) in [5.41, 5.74) is 1.75. The second kappa shape index (κ2) is 8.94. The van der Waals surface area contributed by atoms with Crippen LogP contribution in [0.3, 0.4) is 0 Å². The van der Waals surface area contributed by atoms with Crippen LogP contribution in [0.5, 0.6) is 5.75 Å². The average molecular weight is 392 g/mol. The van der Waals surface area contributed by atoms with Gasteiger partial charge < -0.3 is 19.3 Å². The van der Waals surface area contributed by atoms with Crippen LogP contribution in [0.15, 0.2) is 53.1 Å². The van der Waals surface area contributed by atoms with Gasteiger partial charge in [-0.2, -0.15) is 4.98 Å². The number of aromatic nitrogens is 2. The molecule has 0 amide bonds. The summed E-state index contributed by atoms with van der Waals surface area (Å²) in [5.74, 6) is 0.846. The van der Waals surface area contributed by atoms with Gasteiger partial charge in [-0.05, 0) is 17.7 Å². The summed E-state index contributed by atoms with van der Waals surface area (Å²) >= 11 is 0. The molecule has 0 bridgehead atoms. The molecule has 0 saturated carbocycles. The van der Waals surface area contributed by atoms with Crippen molar-refractivity contribution < 1.29 is 18.4 Å². The zero-order chi connectivity index (χ0) is 17.8. The molecule has 1 fully saturated rings. The minimum atomic E-state index is -0.372. The van der Waals surface area contributed by atoms with Crippen molar-refractivity contribution in [3.8, 4) is 17.1 Å². The topological polar surface area (TPSA) is 69.4 Å². The fourth-order valence-corrected chi connectivity index (χ4v) is 2.68. The largest absolute Gasteiger partial charge is 0.486 e. The molecule has 6 nitrogen and oxygen atoms in total. The number of halogens is 2. The monoisotopic (exact) mass is 391 g/mol. The third kappa shape index (κ3) is 4.63. The van der Waals surface area contributed by atoms with Gasteiger partial charge in [-0.3, -0.25) is 0 Å². The van der Waals surface area contributed by atoms with Crippen molar-refractivity contribution in [1.82, 2.24) is 15.5 Å². The highest BCUT2D eigenvalue weighted by molar-refractivity contribution is 5.85. The van der Waals surface area contributed by atoms with Gasteiger partial charge in [-0.15, -0.1) is 12.4 Å². The van der Waals surface area contributed by atoms with E-state index in [4.69, 9.17) is 14.0 Å². The van der Waals surface area contributed by atoms with Gasteiger partial charge in [0, 0.05) is 18.7 Å². The number of hydrogen-bond donors (Lipinski definition) is 1. The molecule has 2 aromatic carbocycles. The molecule has 1 aliphatic rings. The Morgan fingerprint density at radius 2 is 1.96 bits per heavy atom. The Kier molecular flexibility index (Phi) is 6.39. The second-order valence-corrected chi connectivity index (χ2v) is 5.94. The van der Waals surface area contributed by atoms with Crippen LogP contribution >= 0.6 is 12.4 Å². The van der Waals surface area contributed by atoms with Crippen molar-refractivity contribution in [2.24, 2.45) is 0 Å². The maximum absolute atomic E-state index is 13.6. The minimum absolute atomic E-state index is 0. The first-order chi connectivity index (χ1) is 12.8. The van der Waals surface area contributed by atoms with Crippen LogP contribution in [-0.4, -0.2) is 29.8 Å². The molecular formula is C19H19ClFN3O3. The molecule has 0 unspecified atom stereocenters. The zero-order valence-electron chi connectivity index (χ0n) is 14.4. The first-order valence-corrected chi connectivity index (χ1v) is 8.42. The molecule has 1 aromatic heterocycles. The molecule has 4 rings (SSSR count). The summed E-state index contributed by atoms with van der Waals surface area (Å²) < 4.78 is 30.0. The van der Waals surface area contributed by atoms with E-state index in [2.05, 4.69) is 15.5 Å². The summed E-state index contributed by atoms with van der Waals surface area (Å²) in [6.07, 6.45) is -0.210. The standard InChI is InChI=1S/C19H18FN3O3.ClH/c20-15-3-1-2-4-16(15)25-12-13-5-7-14(8-6-13)18-22-19(26-23-18)17-11-21-9-10-24-17;/h1-8,17,21H,9-12H2;1H/t17-;/m0./s1. The number of para-hydroxylation sites is 1. The lowest BCUT2D eigenvalue weighted by Gasteiger charge is -2.19. The first-order valence-electron chi connectivity index (χ1n) is 8.42. The van der Waals surface area contributed by atoms with Crippen LogP contribution < -0.4 is 10.1 Å². The number of hydrogen-bond acceptors (Lipinski definition) is 6. The summed E-state index contributed by atoms with van der Waals surface area (Å²) in [4.78, 5) is 4.42. The minimum Gasteiger partial charge on any atom is -0.486 e. The van der Waals surface area contributed by atoms with Gasteiger partial charge in [0.1, 0.15) is 12.7 Å². The van der Waals surface area contributed by atoms with Crippen molar-refractivity contribution in [1.29, 1.82) is 0 Å². The smallest absolute Gasteiger partial charge is 0.257 e. The maximum Gasteiger partial charge on any atom is 0.257 e. The molecule has 1 atom stereocenters.